The number of methoxy groups -OCH3 is 2. The van der Waals surface area contributed by atoms with E-state index < -0.39 is 0 Å². The maximum atomic E-state index is 12.8. The summed E-state index contributed by atoms with van der Waals surface area (Å²) in [5.41, 5.74) is 7.16. The molecule has 0 aliphatic heterocycles. The van der Waals surface area contributed by atoms with Crippen molar-refractivity contribution < 1.29 is 14.3 Å². The fourth-order valence-electron chi connectivity index (χ4n) is 4.80. The second-order valence-electron chi connectivity index (χ2n) is 9.07. The lowest BCUT2D eigenvalue weighted by Gasteiger charge is -2.23. The van der Waals surface area contributed by atoms with Crippen LogP contribution in [0.3, 0.4) is 0 Å². The molecule has 0 unspecified atom stereocenters. The van der Waals surface area contributed by atoms with Crippen LogP contribution in [0.4, 0.5) is 17.1 Å². The van der Waals surface area contributed by atoms with Gasteiger partial charge in [0.1, 0.15) is 11.5 Å². The molecule has 3 aromatic carbocycles. The first-order valence-electron chi connectivity index (χ1n) is 12.4. The fourth-order valence-corrected chi connectivity index (χ4v) is 4.80. The molecule has 0 radical (unpaired) electrons. The van der Waals surface area contributed by atoms with Gasteiger partial charge in [0.05, 0.1) is 31.1 Å². The van der Waals surface area contributed by atoms with Crippen molar-refractivity contribution in [2.45, 2.75) is 38.5 Å². The van der Waals surface area contributed by atoms with E-state index in [-0.39, 0.29) is 5.91 Å². The van der Waals surface area contributed by atoms with Crippen LogP contribution in [-0.2, 0) is 24.1 Å². The van der Waals surface area contributed by atoms with Gasteiger partial charge >= 0.3 is 0 Å². The normalized spacial score (nSPS) is 12.6. The number of carbonyl (C=O) groups is 1. The number of hydrogen-bond donors (Lipinski definition) is 2. The Hall–Kier alpha value is -4.06. The van der Waals surface area contributed by atoms with Gasteiger partial charge in [0, 0.05) is 23.2 Å². The van der Waals surface area contributed by atoms with E-state index >= 15 is 0 Å². The number of pyridine rings is 1. The van der Waals surface area contributed by atoms with Gasteiger partial charge in [-0.2, -0.15) is 0 Å². The second kappa shape index (κ2) is 10.7. The summed E-state index contributed by atoms with van der Waals surface area (Å²) in [4.78, 5) is 17.7. The average molecular weight is 482 g/mol. The highest BCUT2D eigenvalue weighted by molar-refractivity contribution is 6.00. The van der Waals surface area contributed by atoms with Crippen molar-refractivity contribution in [2.75, 3.05) is 24.9 Å². The van der Waals surface area contributed by atoms with Gasteiger partial charge in [-0.05, 0) is 85.7 Å². The predicted octanol–water partition coefficient (Wildman–Crippen LogP) is 6.45. The van der Waals surface area contributed by atoms with Crippen molar-refractivity contribution in [2.24, 2.45) is 0 Å². The Labute approximate surface area is 211 Å². The molecule has 0 bridgehead atoms. The topological polar surface area (TPSA) is 72.5 Å². The van der Waals surface area contributed by atoms with Gasteiger partial charge in [0.25, 0.3) is 0 Å². The lowest BCUT2D eigenvalue weighted by Crippen LogP contribution is -2.13. The zero-order valence-electron chi connectivity index (χ0n) is 20.8. The van der Waals surface area contributed by atoms with Crippen molar-refractivity contribution >= 4 is 33.9 Å². The molecular weight excluding hydrogens is 450 g/mol. The van der Waals surface area contributed by atoms with E-state index in [2.05, 4.69) is 10.6 Å². The molecule has 0 fully saturated rings. The third kappa shape index (κ3) is 5.13. The van der Waals surface area contributed by atoms with Gasteiger partial charge in [-0.3, -0.25) is 9.78 Å². The van der Waals surface area contributed by atoms with Crippen molar-refractivity contribution in [1.82, 2.24) is 4.98 Å². The Bertz CT molecular complexity index is 1380. The third-order valence-electron chi connectivity index (χ3n) is 6.71. The number of aryl methyl sites for hydroxylation is 2. The monoisotopic (exact) mass is 481 g/mol. The van der Waals surface area contributed by atoms with Crippen LogP contribution in [0.5, 0.6) is 11.5 Å². The number of ether oxygens (including phenoxy) is 2. The Morgan fingerprint density at radius 1 is 0.944 bits per heavy atom. The molecule has 0 saturated carbocycles. The molecule has 1 aromatic heterocycles. The largest absolute Gasteiger partial charge is 0.497 e. The summed E-state index contributed by atoms with van der Waals surface area (Å²) in [6.07, 6.45) is 5.33. The van der Waals surface area contributed by atoms with Crippen LogP contribution in [0.2, 0.25) is 0 Å². The molecule has 2 N–H and O–H groups in total. The van der Waals surface area contributed by atoms with E-state index in [1.165, 1.54) is 5.56 Å². The first kappa shape index (κ1) is 23.7. The summed E-state index contributed by atoms with van der Waals surface area (Å²) in [6.45, 7) is 0. The second-order valence-corrected chi connectivity index (χ2v) is 9.07. The molecule has 0 atom stereocenters. The number of fused-ring (bicyclic) bond motifs is 2. The number of hydrogen-bond acceptors (Lipinski definition) is 5. The molecule has 1 aliphatic rings. The molecule has 0 spiro atoms. The SMILES string of the molecule is COc1ccc(CCC(=O)Nc2ccc3nc4c(c(Nc5ccccc5OC)c3c2)CCCC4)cc1. The molecule has 1 aliphatic carbocycles. The Balaban J connectivity index is 1.41. The molecule has 5 rings (SSSR count). The summed E-state index contributed by atoms with van der Waals surface area (Å²) in [7, 11) is 3.33. The first-order valence-corrected chi connectivity index (χ1v) is 12.4. The lowest BCUT2D eigenvalue weighted by atomic mass is 9.92. The van der Waals surface area contributed by atoms with E-state index in [0.717, 1.165) is 76.4 Å². The number of amides is 1. The highest BCUT2D eigenvalue weighted by atomic mass is 16.5. The number of anilines is 3. The van der Waals surface area contributed by atoms with Crippen LogP contribution in [0.25, 0.3) is 10.9 Å². The van der Waals surface area contributed by atoms with Gasteiger partial charge in [0.2, 0.25) is 5.91 Å². The molecule has 0 saturated heterocycles. The quantitative estimate of drug-likeness (QED) is 0.303. The maximum Gasteiger partial charge on any atom is 0.224 e. The standard InChI is InChI=1S/C30H31N3O3/c1-35-22-15-11-20(12-16-22)13-18-29(34)31-21-14-17-26-24(19-21)30(23-7-3-4-8-25(23)32-26)33-27-9-5-6-10-28(27)36-2/h5-6,9-12,14-17,19H,3-4,7-8,13,18H2,1-2H3,(H,31,34)(H,32,33). The van der Waals surface area contributed by atoms with E-state index in [1.54, 1.807) is 14.2 Å². The molecule has 6 heteroatoms. The first-order chi connectivity index (χ1) is 17.6. The fraction of sp³-hybridized carbons (Fsp3) is 0.267. The summed E-state index contributed by atoms with van der Waals surface area (Å²) in [5.74, 6) is 1.58. The van der Waals surface area contributed by atoms with Crippen LogP contribution in [0, 0.1) is 0 Å². The van der Waals surface area contributed by atoms with Crippen LogP contribution in [0.15, 0.2) is 66.7 Å². The van der Waals surface area contributed by atoms with Gasteiger partial charge in [-0.1, -0.05) is 24.3 Å². The molecule has 4 aromatic rings. The molecule has 1 amide bonds. The van der Waals surface area contributed by atoms with Crippen molar-refractivity contribution in [1.29, 1.82) is 0 Å². The summed E-state index contributed by atoms with van der Waals surface area (Å²) in [6, 6.07) is 21.7. The number of rotatable bonds is 8. The van der Waals surface area contributed by atoms with Crippen molar-refractivity contribution in [3.8, 4) is 11.5 Å². The van der Waals surface area contributed by atoms with Crippen molar-refractivity contribution in [3.63, 3.8) is 0 Å². The number of nitrogens with zero attached hydrogens (tertiary/aromatic N) is 1. The maximum absolute atomic E-state index is 12.8. The molecular formula is C30H31N3O3. The number of aromatic nitrogens is 1. The summed E-state index contributed by atoms with van der Waals surface area (Å²) < 4.78 is 10.8. The van der Waals surface area contributed by atoms with Crippen LogP contribution < -0.4 is 20.1 Å². The van der Waals surface area contributed by atoms with Gasteiger partial charge in [0.15, 0.2) is 0 Å². The van der Waals surface area contributed by atoms with E-state index in [4.69, 9.17) is 14.5 Å². The minimum absolute atomic E-state index is 0.0182. The molecule has 184 valence electrons. The molecule has 6 nitrogen and oxygen atoms in total. The number of carbonyl (C=O) groups excluding carboxylic acids is 1. The summed E-state index contributed by atoms with van der Waals surface area (Å²) >= 11 is 0. The van der Waals surface area contributed by atoms with E-state index in [0.29, 0.717) is 12.8 Å². The highest BCUT2D eigenvalue weighted by Gasteiger charge is 2.20. The number of benzene rings is 3. The zero-order chi connectivity index (χ0) is 24.9. The molecule has 36 heavy (non-hydrogen) atoms. The Morgan fingerprint density at radius 2 is 1.75 bits per heavy atom. The minimum atomic E-state index is -0.0182. The van der Waals surface area contributed by atoms with Gasteiger partial charge in [-0.15, -0.1) is 0 Å². The average Bonchev–Trinajstić information content (AvgIpc) is 2.92. The van der Waals surface area contributed by atoms with E-state index in [9.17, 15) is 4.79 Å². The highest BCUT2D eigenvalue weighted by Crippen LogP contribution is 2.38. The van der Waals surface area contributed by atoms with Gasteiger partial charge < -0.3 is 20.1 Å². The van der Waals surface area contributed by atoms with Crippen LogP contribution in [-0.4, -0.2) is 25.1 Å². The van der Waals surface area contributed by atoms with Crippen LogP contribution in [0.1, 0.15) is 36.1 Å². The number of para-hydroxylation sites is 2. The zero-order valence-corrected chi connectivity index (χ0v) is 20.8. The Morgan fingerprint density at radius 3 is 2.56 bits per heavy atom. The van der Waals surface area contributed by atoms with Gasteiger partial charge in [-0.25, -0.2) is 0 Å². The third-order valence-corrected chi connectivity index (χ3v) is 6.71. The summed E-state index contributed by atoms with van der Waals surface area (Å²) in [5, 5.41) is 7.71. The smallest absolute Gasteiger partial charge is 0.224 e. The van der Waals surface area contributed by atoms with Crippen molar-refractivity contribution in [3.05, 3.63) is 83.6 Å². The minimum Gasteiger partial charge on any atom is -0.497 e. The van der Waals surface area contributed by atoms with E-state index in [1.807, 2.05) is 66.7 Å². The predicted molar refractivity (Wildman–Crippen MR) is 145 cm³/mol. The Kier molecular flexibility index (Phi) is 7.03. The number of nitrogens with one attached hydrogen (secondary N) is 2. The lowest BCUT2D eigenvalue weighted by molar-refractivity contribution is -0.116. The molecule has 1 heterocycles. The van der Waals surface area contributed by atoms with Crippen LogP contribution >= 0.6 is 0 Å².